The Balaban J connectivity index is 0.00000208. The van der Waals surface area contributed by atoms with Crippen LogP contribution in [0, 0.1) is 5.92 Å². The predicted molar refractivity (Wildman–Crippen MR) is 97.4 cm³/mol. The normalized spacial score (nSPS) is 20.1. The molecule has 1 aromatic carbocycles. The second-order valence-corrected chi connectivity index (χ2v) is 6.42. The Labute approximate surface area is 152 Å². The molecular weight excluding hydrogens is 351 g/mol. The number of likely N-dealkylation sites (tertiary alicyclic amines) is 1. The van der Waals surface area contributed by atoms with Crippen molar-refractivity contribution in [2.75, 3.05) is 44.7 Å². The van der Waals surface area contributed by atoms with E-state index in [1.54, 1.807) is 23.1 Å². The number of urea groups is 1. The molecule has 2 N–H and O–H groups in total. The van der Waals surface area contributed by atoms with Gasteiger partial charge in [-0.3, -0.25) is 9.69 Å². The van der Waals surface area contributed by atoms with Crippen molar-refractivity contribution < 1.29 is 9.59 Å². The van der Waals surface area contributed by atoms with Crippen molar-refractivity contribution in [3.63, 3.8) is 0 Å². The van der Waals surface area contributed by atoms with Gasteiger partial charge in [0.2, 0.25) is 0 Å². The zero-order valence-corrected chi connectivity index (χ0v) is 15.1. The van der Waals surface area contributed by atoms with Gasteiger partial charge in [0.15, 0.2) is 0 Å². The van der Waals surface area contributed by atoms with E-state index in [1.165, 1.54) is 0 Å². The Morgan fingerprint density at radius 2 is 2.21 bits per heavy atom. The van der Waals surface area contributed by atoms with Gasteiger partial charge >= 0.3 is 6.03 Å². The number of rotatable bonds is 4. The molecular formula is C16H22Cl2N4O2. The van der Waals surface area contributed by atoms with Crippen LogP contribution in [0.15, 0.2) is 18.2 Å². The maximum atomic E-state index is 12.8. The van der Waals surface area contributed by atoms with Gasteiger partial charge in [-0.2, -0.15) is 0 Å². The van der Waals surface area contributed by atoms with Crippen LogP contribution in [0.3, 0.4) is 0 Å². The maximum Gasteiger partial charge on any atom is 0.321 e. The van der Waals surface area contributed by atoms with Crippen LogP contribution >= 0.6 is 24.0 Å². The summed E-state index contributed by atoms with van der Waals surface area (Å²) in [6, 6.07) is 5.05. The van der Waals surface area contributed by atoms with Crippen LogP contribution < -0.4 is 15.5 Å². The fraction of sp³-hybridized carbons (Fsp3) is 0.500. The quantitative estimate of drug-likeness (QED) is 0.848. The Morgan fingerprint density at radius 1 is 1.42 bits per heavy atom. The molecule has 0 spiro atoms. The van der Waals surface area contributed by atoms with Crippen molar-refractivity contribution in [1.29, 1.82) is 0 Å². The molecule has 3 amide bonds. The van der Waals surface area contributed by atoms with E-state index in [2.05, 4.69) is 10.6 Å². The van der Waals surface area contributed by atoms with Gasteiger partial charge in [-0.25, -0.2) is 4.79 Å². The summed E-state index contributed by atoms with van der Waals surface area (Å²) in [6.07, 6.45) is 0.998. The first-order valence-corrected chi connectivity index (χ1v) is 8.26. The van der Waals surface area contributed by atoms with E-state index in [1.807, 2.05) is 11.9 Å². The highest BCUT2D eigenvalue weighted by atomic mass is 35.5. The zero-order chi connectivity index (χ0) is 16.4. The molecule has 1 atom stereocenters. The highest BCUT2D eigenvalue weighted by Gasteiger charge is 2.29. The Bertz CT molecular complexity index is 626. The number of carbonyl (C=O) groups is 2. The first-order chi connectivity index (χ1) is 11.1. The molecule has 2 aliphatic rings. The van der Waals surface area contributed by atoms with Crippen LogP contribution in [-0.2, 0) is 0 Å². The van der Waals surface area contributed by atoms with Crippen molar-refractivity contribution in [3.8, 4) is 0 Å². The van der Waals surface area contributed by atoms with Gasteiger partial charge < -0.3 is 15.5 Å². The monoisotopic (exact) mass is 372 g/mol. The van der Waals surface area contributed by atoms with Crippen LogP contribution in [0.2, 0.25) is 5.02 Å². The van der Waals surface area contributed by atoms with E-state index in [0.717, 1.165) is 26.1 Å². The van der Waals surface area contributed by atoms with Gasteiger partial charge in [-0.05, 0) is 44.1 Å². The van der Waals surface area contributed by atoms with Crippen LogP contribution in [0.5, 0.6) is 0 Å². The first-order valence-electron chi connectivity index (χ1n) is 7.89. The third-order valence-corrected chi connectivity index (χ3v) is 4.74. The second kappa shape index (κ2) is 8.05. The van der Waals surface area contributed by atoms with Crippen molar-refractivity contribution >= 4 is 41.6 Å². The molecule has 0 bridgehead atoms. The lowest BCUT2D eigenvalue weighted by molar-refractivity contribution is 0.0787. The number of hydrogen-bond donors (Lipinski definition) is 2. The predicted octanol–water partition coefficient (Wildman–Crippen LogP) is 1.97. The fourth-order valence-electron chi connectivity index (χ4n) is 3.21. The molecule has 0 saturated carbocycles. The van der Waals surface area contributed by atoms with Gasteiger partial charge in [0.05, 0.1) is 10.6 Å². The molecule has 2 fully saturated rings. The van der Waals surface area contributed by atoms with Crippen molar-refractivity contribution in [1.82, 2.24) is 15.5 Å². The van der Waals surface area contributed by atoms with Gasteiger partial charge in [0.25, 0.3) is 5.91 Å². The summed E-state index contributed by atoms with van der Waals surface area (Å²) in [5, 5.41) is 6.34. The average Bonchev–Trinajstić information content (AvgIpc) is 3.17. The molecule has 8 heteroatoms. The lowest BCUT2D eigenvalue weighted by atomic mass is 10.1. The third kappa shape index (κ3) is 3.77. The van der Waals surface area contributed by atoms with E-state index in [-0.39, 0.29) is 24.3 Å². The smallest absolute Gasteiger partial charge is 0.321 e. The standard InChI is InChI=1S/C16H21ClN4O2.ClH/c1-18-9-11-4-6-20(10-11)15(22)13-8-12(2-3-14(13)17)21-7-5-19-16(21)23;/h2-3,8,11,18H,4-7,9-10H2,1H3,(H,19,23);1H. The van der Waals surface area contributed by atoms with E-state index in [9.17, 15) is 9.59 Å². The Kier molecular flexibility index (Phi) is 6.32. The summed E-state index contributed by atoms with van der Waals surface area (Å²) < 4.78 is 0. The number of benzene rings is 1. The Hall–Kier alpha value is -1.50. The number of anilines is 1. The summed E-state index contributed by atoms with van der Waals surface area (Å²) in [7, 11) is 1.92. The Morgan fingerprint density at radius 3 is 2.88 bits per heavy atom. The zero-order valence-electron chi connectivity index (χ0n) is 13.5. The number of halogens is 2. The van der Waals surface area contributed by atoms with Gasteiger partial charge in [0.1, 0.15) is 0 Å². The van der Waals surface area contributed by atoms with Gasteiger partial charge in [-0.15, -0.1) is 12.4 Å². The van der Waals surface area contributed by atoms with E-state index in [0.29, 0.717) is 35.3 Å². The summed E-state index contributed by atoms with van der Waals surface area (Å²) in [5.41, 5.74) is 1.17. The largest absolute Gasteiger partial charge is 0.338 e. The summed E-state index contributed by atoms with van der Waals surface area (Å²) >= 11 is 6.23. The minimum absolute atomic E-state index is 0. The second-order valence-electron chi connectivity index (χ2n) is 6.01. The van der Waals surface area contributed by atoms with Crippen LogP contribution in [0.1, 0.15) is 16.8 Å². The molecule has 132 valence electrons. The molecule has 6 nitrogen and oxygen atoms in total. The molecule has 2 saturated heterocycles. The number of hydrogen-bond acceptors (Lipinski definition) is 3. The molecule has 0 radical (unpaired) electrons. The average molecular weight is 373 g/mol. The van der Waals surface area contributed by atoms with Crippen molar-refractivity contribution in [2.24, 2.45) is 5.92 Å². The van der Waals surface area contributed by atoms with E-state index in [4.69, 9.17) is 11.6 Å². The highest BCUT2D eigenvalue weighted by molar-refractivity contribution is 6.34. The van der Waals surface area contributed by atoms with Crippen LogP contribution in [0.25, 0.3) is 0 Å². The lowest BCUT2D eigenvalue weighted by Gasteiger charge is -2.20. The van der Waals surface area contributed by atoms with Crippen molar-refractivity contribution in [2.45, 2.75) is 6.42 Å². The highest BCUT2D eigenvalue weighted by Crippen LogP contribution is 2.27. The molecule has 1 unspecified atom stereocenters. The summed E-state index contributed by atoms with van der Waals surface area (Å²) in [6.45, 7) is 3.61. The van der Waals surface area contributed by atoms with E-state index < -0.39 is 0 Å². The summed E-state index contributed by atoms with van der Waals surface area (Å²) in [5.74, 6) is 0.422. The number of nitrogens with one attached hydrogen (secondary N) is 2. The maximum absolute atomic E-state index is 12.8. The minimum atomic E-state index is -0.138. The van der Waals surface area contributed by atoms with E-state index >= 15 is 0 Å². The molecule has 1 aromatic rings. The molecule has 2 heterocycles. The number of amides is 3. The number of nitrogens with zero attached hydrogens (tertiary/aromatic N) is 2. The summed E-state index contributed by atoms with van der Waals surface area (Å²) in [4.78, 5) is 28.0. The number of carbonyl (C=O) groups excluding carboxylic acids is 2. The first kappa shape index (κ1) is 18.8. The van der Waals surface area contributed by atoms with Crippen molar-refractivity contribution in [3.05, 3.63) is 28.8 Å². The molecule has 0 aliphatic carbocycles. The van der Waals surface area contributed by atoms with Gasteiger partial charge in [0, 0.05) is 31.9 Å². The third-order valence-electron chi connectivity index (χ3n) is 4.41. The molecule has 0 aromatic heterocycles. The topological polar surface area (TPSA) is 64.7 Å². The molecule has 24 heavy (non-hydrogen) atoms. The van der Waals surface area contributed by atoms with Crippen LogP contribution in [0.4, 0.5) is 10.5 Å². The van der Waals surface area contributed by atoms with Gasteiger partial charge in [-0.1, -0.05) is 11.6 Å². The minimum Gasteiger partial charge on any atom is -0.338 e. The molecule has 2 aliphatic heterocycles. The SMILES string of the molecule is CNCC1CCN(C(=O)c2cc(N3CCNC3=O)ccc2Cl)C1.Cl. The fourth-order valence-corrected chi connectivity index (χ4v) is 3.40. The van der Waals surface area contributed by atoms with Crippen LogP contribution in [-0.4, -0.2) is 56.6 Å². The lowest BCUT2D eigenvalue weighted by Crippen LogP contribution is -2.31. The molecule has 3 rings (SSSR count).